The largest absolute Gasteiger partial charge is 0.347 e. The molecule has 0 radical (unpaired) electrons. The van der Waals surface area contributed by atoms with Gasteiger partial charge in [0.05, 0.1) is 6.54 Å². The molecule has 0 heterocycles. The monoisotopic (exact) mass is 313 g/mol. The highest BCUT2D eigenvalue weighted by molar-refractivity contribution is 5.95. The van der Waals surface area contributed by atoms with Gasteiger partial charge < -0.3 is 16.0 Å². The lowest BCUT2D eigenvalue weighted by molar-refractivity contribution is -0.124. The summed E-state index contributed by atoms with van der Waals surface area (Å²) in [4.78, 5) is 23.2. The average Bonchev–Trinajstić information content (AvgIpc) is 2.38. The molecule has 0 aliphatic carbocycles. The van der Waals surface area contributed by atoms with Crippen LogP contribution in [0.25, 0.3) is 0 Å². The molecule has 1 aromatic rings. The van der Waals surface area contributed by atoms with E-state index in [0.717, 1.165) is 16.8 Å². The van der Waals surface area contributed by atoms with Crippen LogP contribution in [0.5, 0.6) is 0 Å². The van der Waals surface area contributed by atoms with Crippen LogP contribution in [0.2, 0.25) is 0 Å². The minimum absolute atomic E-state index is 0. The molecule has 0 fully saturated rings. The number of halogens is 1. The minimum Gasteiger partial charge on any atom is -0.347 e. The minimum atomic E-state index is -0.210. The SMILES string of the molecule is CNCCC(=O)NCC(=O)Nc1c(C)cc(C)cc1C.Cl. The van der Waals surface area contributed by atoms with E-state index in [1.54, 1.807) is 7.05 Å². The number of hydrogen-bond donors (Lipinski definition) is 3. The molecule has 0 saturated heterocycles. The molecule has 0 bridgehead atoms. The molecule has 0 unspecified atom stereocenters. The summed E-state index contributed by atoms with van der Waals surface area (Å²) in [6, 6.07) is 4.04. The Kier molecular flexibility index (Phi) is 8.66. The van der Waals surface area contributed by atoms with Crippen molar-refractivity contribution in [1.82, 2.24) is 10.6 Å². The predicted molar refractivity (Wildman–Crippen MR) is 88.1 cm³/mol. The first kappa shape index (κ1) is 19.4. The number of carbonyl (C=O) groups is 2. The smallest absolute Gasteiger partial charge is 0.243 e. The zero-order valence-corrected chi connectivity index (χ0v) is 13.8. The van der Waals surface area contributed by atoms with Crippen LogP contribution in [0.3, 0.4) is 0 Å². The molecule has 21 heavy (non-hydrogen) atoms. The summed E-state index contributed by atoms with van der Waals surface area (Å²) in [6.45, 7) is 6.54. The van der Waals surface area contributed by atoms with Crippen molar-refractivity contribution in [3.05, 3.63) is 28.8 Å². The lowest BCUT2D eigenvalue weighted by Crippen LogP contribution is -2.34. The van der Waals surface area contributed by atoms with Crippen LogP contribution in [0.4, 0.5) is 5.69 Å². The van der Waals surface area contributed by atoms with Crippen LogP contribution in [0.15, 0.2) is 12.1 Å². The van der Waals surface area contributed by atoms with E-state index in [1.165, 1.54) is 5.56 Å². The van der Waals surface area contributed by atoms with Gasteiger partial charge in [0.15, 0.2) is 0 Å². The Balaban J connectivity index is 0.00000400. The number of rotatable bonds is 6. The van der Waals surface area contributed by atoms with Crippen molar-refractivity contribution >= 4 is 29.9 Å². The van der Waals surface area contributed by atoms with Crippen molar-refractivity contribution in [2.24, 2.45) is 0 Å². The summed E-state index contributed by atoms with van der Waals surface area (Å²) >= 11 is 0. The van der Waals surface area contributed by atoms with E-state index < -0.39 is 0 Å². The molecule has 1 aromatic carbocycles. The topological polar surface area (TPSA) is 70.2 Å². The third-order valence-electron chi connectivity index (χ3n) is 2.99. The molecule has 118 valence electrons. The van der Waals surface area contributed by atoms with E-state index in [2.05, 4.69) is 16.0 Å². The number of hydrogen-bond acceptors (Lipinski definition) is 3. The molecular weight excluding hydrogens is 290 g/mol. The van der Waals surface area contributed by atoms with Crippen LogP contribution in [-0.4, -0.2) is 32.0 Å². The van der Waals surface area contributed by atoms with Gasteiger partial charge in [0.1, 0.15) is 0 Å². The van der Waals surface area contributed by atoms with Crippen molar-refractivity contribution in [3.63, 3.8) is 0 Å². The van der Waals surface area contributed by atoms with Crippen LogP contribution in [-0.2, 0) is 9.59 Å². The lowest BCUT2D eigenvalue weighted by Gasteiger charge is -2.13. The van der Waals surface area contributed by atoms with Gasteiger partial charge in [-0.25, -0.2) is 0 Å². The third-order valence-corrected chi connectivity index (χ3v) is 2.99. The number of aryl methyl sites for hydroxylation is 3. The Morgan fingerprint density at radius 2 is 1.62 bits per heavy atom. The Morgan fingerprint density at radius 1 is 1.05 bits per heavy atom. The highest BCUT2D eigenvalue weighted by Crippen LogP contribution is 2.21. The number of amides is 2. The normalized spacial score (nSPS) is 9.71. The second-order valence-electron chi connectivity index (χ2n) is 4.95. The highest BCUT2D eigenvalue weighted by atomic mass is 35.5. The second-order valence-corrected chi connectivity index (χ2v) is 4.95. The van der Waals surface area contributed by atoms with Crippen LogP contribution >= 0.6 is 12.4 Å². The lowest BCUT2D eigenvalue weighted by atomic mass is 10.1. The fourth-order valence-corrected chi connectivity index (χ4v) is 2.07. The summed E-state index contributed by atoms with van der Waals surface area (Å²) in [5.74, 6) is -0.343. The maximum absolute atomic E-state index is 11.8. The van der Waals surface area contributed by atoms with Gasteiger partial charge in [0, 0.05) is 18.7 Å². The first-order valence-electron chi connectivity index (χ1n) is 6.73. The first-order chi connectivity index (χ1) is 9.43. The van der Waals surface area contributed by atoms with Gasteiger partial charge in [-0.2, -0.15) is 0 Å². The summed E-state index contributed by atoms with van der Waals surface area (Å²) in [7, 11) is 1.78. The standard InChI is InChI=1S/C15H23N3O2.ClH/c1-10-7-11(2)15(12(3)8-10)18-14(20)9-17-13(19)5-6-16-4;/h7-8,16H,5-6,9H2,1-4H3,(H,17,19)(H,18,20);1H. The van der Waals surface area contributed by atoms with Gasteiger partial charge in [-0.05, 0) is 38.9 Å². The van der Waals surface area contributed by atoms with E-state index in [0.29, 0.717) is 13.0 Å². The van der Waals surface area contributed by atoms with Gasteiger partial charge in [0.2, 0.25) is 11.8 Å². The second kappa shape index (κ2) is 9.37. The molecule has 5 nitrogen and oxygen atoms in total. The molecule has 3 N–H and O–H groups in total. The molecule has 0 saturated carbocycles. The number of benzene rings is 1. The average molecular weight is 314 g/mol. The summed E-state index contributed by atoms with van der Waals surface area (Å²) in [5, 5.41) is 8.33. The van der Waals surface area contributed by atoms with Crippen molar-refractivity contribution in [3.8, 4) is 0 Å². The molecule has 0 spiro atoms. The Hall–Kier alpha value is -1.59. The molecule has 1 rings (SSSR count). The number of nitrogens with one attached hydrogen (secondary N) is 3. The molecule has 0 aromatic heterocycles. The molecular formula is C15H24ClN3O2. The van der Waals surface area contributed by atoms with Gasteiger partial charge in [-0.3, -0.25) is 9.59 Å². The molecule has 2 amide bonds. The predicted octanol–water partition coefficient (Wildman–Crippen LogP) is 1.70. The number of anilines is 1. The fraction of sp³-hybridized carbons (Fsp3) is 0.467. The molecule has 6 heteroatoms. The van der Waals surface area contributed by atoms with Gasteiger partial charge >= 0.3 is 0 Å². The maximum Gasteiger partial charge on any atom is 0.243 e. The van der Waals surface area contributed by atoms with Crippen molar-refractivity contribution in [1.29, 1.82) is 0 Å². The van der Waals surface area contributed by atoms with Gasteiger partial charge in [0.25, 0.3) is 0 Å². The summed E-state index contributed by atoms with van der Waals surface area (Å²) in [5.41, 5.74) is 4.04. The van der Waals surface area contributed by atoms with Crippen molar-refractivity contribution in [2.75, 3.05) is 25.5 Å². The Labute approximate surface area is 132 Å². The molecule has 0 atom stereocenters. The maximum atomic E-state index is 11.8. The Bertz CT molecular complexity index is 481. The fourth-order valence-electron chi connectivity index (χ4n) is 2.07. The van der Waals surface area contributed by atoms with E-state index in [-0.39, 0.29) is 30.8 Å². The van der Waals surface area contributed by atoms with Crippen LogP contribution < -0.4 is 16.0 Å². The third kappa shape index (κ3) is 6.60. The zero-order valence-electron chi connectivity index (χ0n) is 13.0. The van der Waals surface area contributed by atoms with E-state index in [1.807, 2.05) is 32.9 Å². The quantitative estimate of drug-likeness (QED) is 0.748. The zero-order chi connectivity index (χ0) is 15.1. The van der Waals surface area contributed by atoms with Crippen LogP contribution in [0, 0.1) is 20.8 Å². The van der Waals surface area contributed by atoms with Gasteiger partial charge in [-0.1, -0.05) is 17.7 Å². The summed E-state index contributed by atoms with van der Waals surface area (Å²) < 4.78 is 0. The Morgan fingerprint density at radius 3 is 2.14 bits per heavy atom. The van der Waals surface area contributed by atoms with E-state index in [9.17, 15) is 9.59 Å². The first-order valence-corrected chi connectivity index (χ1v) is 6.73. The highest BCUT2D eigenvalue weighted by Gasteiger charge is 2.09. The molecule has 0 aliphatic rings. The van der Waals surface area contributed by atoms with Gasteiger partial charge in [-0.15, -0.1) is 12.4 Å². The number of carbonyl (C=O) groups excluding carboxylic acids is 2. The van der Waals surface area contributed by atoms with E-state index in [4.69, 9.17) is 0 Å². The molecule has 0 aliphatic heterocycles. The van der Waals surface area contributed by atoms with E-state index >= 15 is 0 Å². The van der Waals surface area contributed by atoms with Crippen LogP contribution in [0.1, 0.15) is 23.1 Å². The summed E-state index contributed by atoms with van der Waals surface area (Å²) in [6.07, 6.45) is 0.367. The van der Waals surface area contributed by atoms with Crippen molar-refractivity contribution in [2.45, 2.75) is 27.2 Å². The van der Waals surface area contributed by atoms with Crippen molar-refractivity contribution < 1.29 is 9.59 Å².